The molecular weight excluding hydrogens is 298 g/mol. The summed E-state index contributed by atoms with van der Waals surface area (Å²) in [6.45, 7) is 7.02. The molecule has 1 unspecified atom stereocenters. The molecule has 0 aliphatic rings. The Morgan fingerprint density at radius 2 is 1.65 bits per heavy atom. The van der Waals surface area contributed by atoms with Crippen molar-refractivity contribution in [2.75, 3.05) is 26.9 Å². The van der Waals surface area contributed by atoms with Crippen LogP contribution < -0.4 is 5.32 Å². The molecule has 0 saturated heterocycles. The number of amides is 1. The fourth-order valence-electron chi connectivity index (χ4n) is 2.07. The molecule has 136 valence electrons. The van der Waals surface area contributed by atoms with Gasteiger partial charge >= 0.3 is 12.1 Å². The summed E-state index contributed by atoms with van der Waals surface area (Å²) in [5, 5.41) is 2.58. The molecule has 0 bridgehead atoms. The molecule has 1 amide bonds. The third kappa shape index (κ3) is 12.9. The number of nitrogens with one attached hydrogen (secondary N) is 1. The van der Waals surface area contributed by atoms with Gasteiger partial charge in [-0.25, -0.2) is 9.59 Å². The topological polar surface area (TPSA) is 73.9 Å². The molecule has 0 fully saturated rings. The first-order valence-corrected chi connectivity index (χ1v) is 8.60. The van der Waals surface area contributed by atoms with Crippen LogP contribution in [0, 0.1) is 5.92 Å². The van der Waals surface area contributed by atoms with Crippen LogP contribution in [0.25, 0.3) is 0 Å². The summed E-state index contributed by atoms with van der Waals surface area (Å²) in [6.07, 6.45) is 5.37. The van der Waals surface area contributed by atoms with Crippen molar-refractivity contribution >= 4 is 12.1 Å². The molecule has 0 radical (unpaired) electrons. The van der Waals surface area contributed by atoms with Crippen LogP contribution in [-0.2, 0) is 19.0 Å². The number of unbranched alkanes of at least 4 members (excludes halogenated alkanes) is 4. The molecule has 0 rings (SSSR count). The molecule has 6 heteroatoms. The van der Waals surface area contributed by atoms with E-state index in [1.165, 1.54) is 20.0 Å². The number of ether oxygens (including phenoxy) is 3. The number of esters is 1. The minimum atomic E-state index is -0.666. The highest BCUT2D eigenvalue weighted by molar-refractivity contribution is 5.81. The van der Waals surface area contributed by atoms with E-state index in [2.05, 4.69) is 12.2 Å². The zero-order valence-electron chi connectivity index (χ0n) is 15.1. The first-order valence-electron chi connectivity index (χ1n) is 8.60. The van der Waals surface area contributed by atoms with E-state index in [0.717, 1.165) is 19.3 Å². The van der Waals surface area contributed by atoms with E-state index < -0.39 is 18.1 Å². The van der Waals surface area contributed by atoms with Crippen molar-refractivity contribution in [2.45, 2.75) is 65.3 Å². The van der Waals surface area contributed by atoms with Crippen LogP contribution >= 0.6 is 0 Å². The van der Waals surface area contributed by atoms with Crippen LogP contribution in [0.15, 0.2) is 0 Å². The molecule has 0 heterocycles. The highest BCUT2D eigenvalue weighted by Crippen LogP contribution is 2.08. The van der Waals surface area contributed by atoms with E-state index in [0.29, 0.717) is 19.6 Å². The molecule has 6 nitrogen and oxygen atoms in total. The van der Waals surface area contributed by atoms with Crippen LogP contribution in [0.2, 0.25) is 0 Å². The lowest BCUT2D eigenvalue weighted by molar-refractivity contribution is -0.146. The van der Waals surface area contributed by atoms with E-state index in [1.807, 2.05) is 13.8 Å². The maximum absolute atomic E-state index is 12.1. The summed E-state index contributed by atoms with van der Waals surface area (Å²) >= 11 is 0. The van der Waals surface area contributed by atoms with Crippen LogP contribution in [-0.4, -0.2) is 45.0 Å². The van der Waals surface area contributed by atoms with Gasteiger partial charge in [-0.15, -0.1) is 0 Å². The fourth-order valence-corrected chi connectivity index (χ4v) is 2.07. The van der Waals surface area contributed by atoms with Crippen molar-refractivity contribution in [1.29, 1.82) is 0 Å². The van der Waals surface area contributed by atoms with Crippen LogP contribution in [0.5, 0.6) is 0 Å². The quantitative estimate of drug-likeness (QED) is 0.414. The summed E-state index contributed by atoms with van der Waals surface area (Å²) in [5.74, 6) is -0.130. The second-order valence-electron chi connectivity index (χ2n) is 6.04. The largest absolute Gasteiger partial charge is 0.464 e. The third-order valence-electron chi connectivity index (χ3n) is 3.30. The van der Waals surface area contributed by atoms with E-state index in [1.54, 1.807) is 0 Å². The second-order valence-corrected chi connectivity index (χ2v) is 6.04. The summed E-state index contributed by atoms with van der Waals surface area (Å²) in [6, 6.07) is -0.666. The van der Waals surface area contributed by atoms with Gasteiger partial charge in [-0.05, 0) is 18.8 Å². The number of hydrogen-bond donors (Lipinski definition) is 1. The zero-order valence-corrected chi connectivity index (χ0v) is 15.1. The Labute approximate surface area is 140 Å². The van der Waals surface area contributed by atoms with Crippen molar-refractivity contribution < 1.29 is 23.8 Å². The predicted molar refractivity (Wildman–Crippen MR) is 89.3 cm³/mol. The maximum Gasteiger partial charge on any atom is 0.407 e. The van der Waals surface area contributed by atoms with Gasteiger partial charge in [-0.2, -0.15) is 0 Å². The van der Waals surface area contributed by atoms with Crippen molar-refractivity contribution in [3.63, 3.8) is 0 Å². The standard InChI is InChI=1S/C17H33NO5/c1-5-6-7-8-9-10-22-16(19)15(13-14(2)3)18-17(20)23-12-11-21-4/h14-15H,5-13H2,1-4H3,(H,18,20). The molecule has 0 aromatic heterocycles. The molecule has 0 aromatic rings. The van der Waals surface area contributed by atoms with Crippen molar-refractivity contribution in [3.8, 4) is 0 Å². The monoisotopic (exact) mass is 331 g/mol. The van der Waals surface area contributed by atoms with Crippen LogP contribution in [0.3, 0.4) is 0 Å². The summed E-state index contributed by atoms with van der Waals surface area (Å²) in [7, 11) is 1.53. The average molecular weight is 331 g/mol. The molecular formula is C17H33NO5. The van der Waals surface area contributed by atoms with Gasteiger partial charge in [-0.1, -0.05) is 46.5 Å². The van der Waals surface area contributed by atoms with Crippen LogP contribution in [0.4, 0.5) is 4.79 Å². The Hall–Kier alpha value is -1.30. The van der Waals surface area contributed by atoms with E-state index >= 15 is 0 Å². The first kappa shape index (κ1) is 21.7. The summed E-state index contributed by atoms with van der Waals surface area (Å²) in [4.78, 5) is 23.8. The van der Waals surface area contributed by atoms with E-state index in [-0.39, 0.29) is 12.5 Å². The molecule has 23 heavy (non-hydrogen) atoms. The van der Waals surface area contributed by atoms with Gasteiger partial charge in [0.1, 0.15) is 12.6 Å². The van der Waals surface area contributed by atoms with Gasteiger partial charge in [0, 0.05) is 7.11 Å². The number of hydrogen-bond acceptors (Lipinski definition) is 5. The first-order chi connectivity index (χ1) is 11.0. The fraction of sp³-hybridized carbons (Fsp3) is 0.882. The number of rotatable bonds is 13. The number of methoxy groups -OCH3 is 1. The lowest BCUT2D eigenvalue weighted by Crippen LogP contribution is -2.43. The Bertz CT molecular complexity index is 320. The van der Waals surface area contributed by atoms with Crippen molar-refractivity contribution in [1.82, 2.24) is 5.32 Å². The van der Waals surface area contributed by atoms with Gasteiger partial charge in [0.25, 0.3) is 0 Å². The van der Waals surface area contributed by atoms with Crippen molar-refractivity contribution in [2.24, 2.45) is 5.92 Å². The Balaban J connectivity index is 4.14. The smallest absolute Gasteiger partial charge is 0.407 e. The van der Waals surface area contributed by atoms with Crippen molar-refractivity contribution in [3.05, 3.63) is 0 Å². The average Bonchev–Trinajstić information content (AvgIpc) is 2.49. The zero-order chi connectivity index (χ0) is 17.5. The molecule has 0 aliphatic heterocycles. The molecule has 0 aliphatic carbocycles. The lowest BCUT2D eigenvalue weighted by Gasteiger charge is -2.19. The van der Waals surface area contributed by atoms with Gasteiger partial charge in [-0.3, -0.25) is 0 Å². The normalized spacial score (nSPS) is 12.0. The SMILES string of the molecule is CCCCCCCOC(=O)C(CC(C)C)NC(=O)OCCOC. The molecule has 1 N–H and O–H groups in total. The molecule has 0 spiro atoms. The third-order valence-corrected chi connectivity index (χ3v) is 3.30. The lowest BCUT2D eigenvalue weighted by atomic mass is 10.0. The number of carbonyl (C=O) groups is 2. The molecule has 0 saturated carbocycles. The van der Waals surface area contributed by atoms with E-state index in [4.69, 9.17) is 14.2 Å². The Morgan fingerprint density at radius 3 is 2.26 bits per heavy atom. The number of alkyl carbamates (subject to hydrolysis) is 1. The van der Waals surface area contributed by atoms with Crippen LogP contribution in [0.1, 0.15) is 59.3 Å². The van der Waals surface area contributed by atoms with Gasteiger partial charge in [0.15, 0.2) is 0 Å². The molecule has 1 atom stereocenters. The van der Waals surface area contributed by atoms with E-state index in [9.17, 15) is 9.59 Å². The van der Waals surface area contributed by atoms with Gasteiger partial charge in [0.2, 0.25) is 0 Å². The maximum atomic E-state index is 12.1. The second kappa shape index (κ2) is 14.3. The summed E-state index contributed by atoms with van der Waals surface area (Å²) < 4.78 is 15.0. The van der Waals surface area contributed by atoms with Gasteiger partial charge < -0.3 is 19.5 Å². The Morgan fingerprint density at radius 1 is 0.957 bits per heavy atom. The minimum Gasteiger partial charge on any atom is -0.464 e. The van der Waals surface area contributed by atoms with Gasteiger partial charge in [0.05, 0.1) is 13.2 Å². The minimum absolute atomic E-state index is 0.156. The predicted octanol–water partition coefficient (Wildman–Crippen LogP) is 3.29. The number of carbonyl (C=O) groups excluding carboxylic acids is 2. The highest BCUT2D eigenvalue weighted by Gasteiger charge is 2.23. The Kier molecular flexibility index (Phi) is 13.5. The molecule has 0 aromatic carbocycles. The highest BCUT2D eigenvalue weighted by atomic mass is 16.6. The summed E-state index contributed by atoms with van der Waals surface area (Å²) in [5.41, 5.74) is 0.